The third-order valence-corrected chi connectivity index (χ3v) is 7.40. The number of H-pyrrole nitrogens is 2. The van der Waals surface area contributed by atoms with Crippen molar-refractivity contribution in [2.75, 3.05) is 26.2 Å². The Morgan fingerprint density at radius 1 is 1.00 bits per heavy atom. The second kappa shape index (κ2) is 10.1. The van der Waals surface area contributed by atoms with Crippen molar-refractivity contribution in [3.05, 3.63) is 72.4 Å². The average Bonchev–Trinajstić information content (AvgIpc) is 3.72. The van der Waals surface area contributed by atoms with Crippen LogP contribution in [-0.4, -0.2) is 66.3 Å². The van der Waals surface area contributed by atoms with E-state index in [9.17, 15) is 4.39 Å². The molecular formula is C30H27FN8O. The van der Waals surface area contributed by atoms with Gasteiger partial charge in [0.1, 0.15) is 23.7 Å². The molecule has 10 heteroatoms. The molecule has 0 atom stereocenters. The average molecular weight is 535 g/mol. The zero-order valence-corrected chi connectivity index (χ0v) is 22.0. The molecule has 0 unspecified atom stereocenters. The summed E-state index contributed by atoms with van der Waals surface area (Å²) in [7, 11) is 0. The highest BCUT2D eigenvalue weighted by atomic mass is 19.1. The number of benzene rings is 1. The van der Waals surface area contributed by atoms with Crippen LogP contribution in [0.4, 0.5) is 4.39 Å². The molecule has 0 amide bonds. The van der Waals surface area contributed by atoms with Gasteiger partial charge in [0, 0.05) is 42.3 Å². The van der Waals surface area contributed by atoms with Crippen molar-refractivity contribution >= 4 is 22.2 Å². The van der Waals surface area contributed by atoms with Crippen molar-refractivity contribution in [2.45, 2.75) is 19.8 Å². The summed E-state index contributed by atoms with van der Waals surface area (Å²) in [5.41, 5.74) is 7.51. The summed E-state index contributed by atoms with van der Waals surface area (Å²) in [5, 5.41) is 7.55. The molecule has 6 aromatic rings. The van der Waals surface area contributed by atoms with Gasteiger partial charge in [-0.15, -0.1) is 0 Å². The second-order valence-electron chi connectivity index (χ2n) is 10.1. The number of hydrogen-bond acceptors (Lipinski definition) is 7. The first kappa shape index (κ1) is 24.3. The molecule has 0 bridgehead atoms. The Morgan fingerprint density at radius 3 is 2.77 bits per heavy atom. The van der Waals surface area contributed by atoms with Gasteiger partial charge in [0.05, 0.1) is 16.7 Å². The van der Waals surface area contributed by atoms with Crippen LogP contribution in [0.5, 0.6) is 5.75 Å². The molecule has 1 saturated heterocycles. The number of hydrogen-bond donors (Lipinski definition) is 2. The van der Waals surface area contributed by atoms with E-state index < -0.39 is 0 Å². The fraction of sp³-hybridized carbons (Fsp3) is 0.233. The van der Waals surface area contributed by atoms with Crippen LogP contribution in [0.2, 0.25) is 0 Å². The number of imidazole rings is 1. The molecule has 2 N–H and O–H groups in total. The Labute approximate surface area is 229 Å². The Kier molecular flexibility index (Phi) is 6.16. The van der Waals surface area contributed by atoms with Crippen LogP contribution in [-0.2, 0) is 0 Å². The van der Waals surface area contributed by atoms with Gasteiger partial charge in [-0.2, -0.15) is 5.10 Å². The van der Waals surface area contributed by atoms with Gasteiger partial charge in [-0.3, -0.25) is 15.0 Å². The van der Waals surface area contributed by atoms with E-state index in [0.29, 0.717) is 46.1 Å². The number of rotatable bonds is 7. The molecule has 1 aromatic carbocycles. The van der Waals surface area contributed by atoms with Crippen LogP contribution < -0.4 is 4.74 Å². The van der Waals surface area contributed by atoms with Gasteiger partial charge in [0.2, 0.25) is 0 Å². The number of aryl methyl sites for hydroxylation is 1. The van der Waals surface area contributed by atoms with Crippen molar-refractivity contribution in [2.24, 2.45) is 0 Å². The van der Waals surface area contributed by atoms with Crippen LogP contribution in [0.1, 0.15) is 18.4 Å². The van der Waals surface area contributed by atoms with Gasteiger partial charge in [-0.1, -0.05) is 0 Å². The fourth-order valence-electron chi connectivity index (χ4n) is 5.31. The normalized spacial score (nSPS) is 13.9. The number of nitrogens with zero attached hydrogens (tertiary/aromatic N) is 6. The topological polar surface area (TPSA) is 108 Å². The predicted molar refractivity (Wildman–Crippen MR) is 151 cm³/mol. The lowest BCUT2D eigenvalue weighted by molar-refractivity contribution is 0.237. The van der Waals surface area contributed by atoms with Crippen molar-refractivity contribution in [3.63, 3.8) is 0 Å². The summed E-state index contributed by atoms with van der Waals surface area (Å²) in [6.45, 7) is 5.58. The summed E-state index contributed by atoms with van der Waals surface area (Å²) in [5.74, 6) is 0.658. The van der Waals surface area contributed by atoms with Crippen LogP contribution in [0.3, 0.4) is 0 Å². The fourth-order valence-corrected chi connectivity index (χ4v) is 5.31. The number of halogens is 1. The number of pyridine rings is 3. The van der Waals surface area contributed by atoms with E-state index in [1.54, 1.807) is 12.4 Å². The van der Waals surface area contributed by atoms with E-state index in [2.05, 4.69) is 30.0 Å². The lowest BCUT2D eigenvalue weighted by Gasteiger charge is -2.15. The third kappa shape index (κ3) is 4.56. The highest BCUT2D eigenvalue weighted by molar-refractivity contribution is 5.95. The quantitative estimate of drug-likeness (QED) is 0.277. The molecule has 6 heterocycles. The number of aromatic nitrogens is 7. The minimum atomic E-state index is -0.362. The van der Waals surface area contributed by atoms with Crippen molar-refractivity contribution in [1.29, 1.82) is 0 Å². The van der Waals surface area contributed by atoms with E-state index in [-0.39, 0.29) is 5.82 Å². The lowest BCUT2D eigenvalue weighted by Crippen LogP contribution is -2.25. The maximum Gasteiger partial charge on any atom is 0.178 e. The van der Waals surface area contributed by atoms with E-state index in [4.69, 9.17) is 14.7 Å². The van der Waals surface area contributed by atoms with E-state index in [0.717, 1.165) is 47.5 Å². The van der Waals surface area contributed by atoms with Crippen molar-refractivity contribution < 1.29 is 9.13 Å². The van der Waals surface area contributed by atoms with Gasteiger partial charge in [-0.05, 0) is 80.4 Å². The molecule has 0 saturated carbocycles. The molecule has 7 rings (SSSR count). The van der Waals surface area contributed by atoms with Gasteiger partial charge in [-0.25, -0.2) is 19.3 Å². The zero-order valence-electron chi connectivity index (χ0n) is 22.0. The van der Waals surface area contributed by atoms with Crippen LogP contribution in [0, 0.1) is 12.7 Å². The first-order valence-electron chi connectivity index (χ1n) is 13.4. The summed E-state index contributed by atoms with van der Waals surface area (Å²) in [6.07, 6.45) is 7.70. The SMILES string of the molecule is Cc1ccncc1-c1ccc2[nH]nc(-c3nc4nccc(-c5cc(F)cc(OCCN6CCCC6)c5)c4[nH]3)c2n1. The van der Waals surface area contributed by atoms with E-state index in [1.165, 1.54) is 25.0 Å². The highest BCUT2D eigenvalue weighted by Crippen LogP contribution is 2.33. The summed E-state index contributed by atoms with van der Waals surface area (Å²) < 4.78 is 20.6. The molecule has 200 valence electrons. The van der Waals surface area contributed by atoms with Crippen LogP contribution >= 0.6 is 0 Å². The Balaban J connectivity index is 1.24. The highest BCUT2D eigenvalue weighted by Gasteiger charge is 2.18. The maximum absolute atomic E-state index is 14.7. The first-order valence-corrected chi connectivity index (χ1v) is 13.4. The molecule has 1 aliphatic heterocycles. The predicted octanol–water partition coefficient (Wildman–Crippen LogP) is 5.55. The molecule has 40 heavy (non-hydrogen) atoms. The summed E-state index contributed by atoms with van der Waals surface area (Å²) in [6, 6.07) is 12.5. The largest absolute Gasteiger partial charge is 0.492 e. The van der Waals surface area contributed by atoms with Gasteiger partial charge < -0.3 is 9.72 Å². The zero-order chi connectivity index (χ0) is 27.1. The van der Waals surface area contributed by atoms with Gasteiger partial charge >= 0.3 is 0 Å². The Bertz CT molecular complexity index is 1840. The van der Waals surface area contributed by atoms with Crippen LogP contribution in [0.15, 0.2) is 61.1 Å². The van der Waals surface area contributed by atoms with Gasteiger partial charge in [0.15, 0.2) is 17.2 Å². The Hall–Kier alpha value is -4.70. The second-order valence-corrected chi connectivity index (χ2v) is 10.1. The molecular weight excluding hydrogens is 507 g/mol. The number of likely N-dealkylation sites (tertiary alicyclic amines) is 1. The maximum atomic E-state index is 14.7. The van der Waals surface area contributed by atoms with Crippen molar-refractivity contribution in [3.8, 4) is 39.7 Å². The molecule has 5 aromatic heterocycles. The molecule has 0 aliphatic carbocycles. The first-order chi connectivity index (χ1) is 19.6. The smallest absolute Gasteiger partial charge is 0.178 e. The standard InChI is InChI=1S/C30H27FN8O/c1-18-6-8-32-17-23(18)24-4-5-25-27(34-24)28(38-37-25)30-35-26-22(7-9-33-29(26)36-30)19-14-20(31)16-21(15-19)40-13-12-39-10-2-3-11-39/h4-9,14-17H,2-3,10-13H2,1H3,(H,37,38)(H,33,35,36). The van der Waals surface area contributed by atoms with E-state index >= 15 is 0 Å². The molecule has 1 fully saturated rings. The summed E-state index contributed by atoms with van der Waals surface area (Å²) in [4.78, 5) is 24.1. The minimum Gasteiger partial charge on any atom is -0.492 e. The number of ether oxygens (including phenoxy) is 1. The molecule has 1 aliphatic rings. The number of nitrogens with one attached hydrogen (secondary N) is 2. The third-order valence-electron chi connectivity index (χ3n) is 7.40. The summed E-state index contributed by atoms with van der Waals surface area (Å²) >= 11 is 0. The molecule has 9 nitrogen and oxygen atoms in total. The monoisotopic (exact) mass is 534 g/mol. The van der Waals surface area contributed by atoms with E-state index in [1.807, 2.05) is 43.5 Å². The number of aromatic amines is 2. The van der Waals surface area contributed by atoms with Gasteiger partial charge in [0.25, 0.3) is 0 Å². The van der Waals surface area contributed by atoms with Crippen molar-refractivity contribution in [1.82, 2.24) is 40.0 Å². The number of fused-ring (bicyclic) bond motifs is 2. The molecule has 0 spiro atoms. The minimum absolute atomic E-state index is 0.362. The van der Waals surface area contributed by atoms with Crippen LogP contribution in [0.25, 0.3) is 56.1 Å². The lowest BCUT2D eigenvalue weighted by atomic mass is 10.1. The Morgan fingerprint density at radius 2 is 1.90 bits per heavy atom. The molecule has 0 radical (unpaired) electrons.